The zero-order valence-electron chi connectivity index (χ0n) is 15.2. The topological polar surface area (TPSA) is 61.2 Å². The summed E-state index contributed by atoms with van der Waals surface area (Å²) in [6.45, 7) is 2.94. The molecule has 1 aliphatic rings. The third kappa shape index (κ3) is 2.99. The molecule has 140 valence electrons. The molecule has 0 saturated heterocycles. The molecule has 0 fully saturated rings. The molecule has 0 radical (unpaired) electrons. The van der Waals surface area contributed by atoms with E-state index in [2.05, 4.69) is 10.1 Å². The summed E-state index contributed by atoms with van der Waals surface area (Å²) < 4.78 is 18.7. The highest BCUT2D eigenvalue weighted by atomic mass is 32.1. The normalized spacial score (nSPS) is 13.8. The molecule has 0 saturated carbocycles. The average Bonchev–Trinajstić information content (AvgIpc) is 3.43. The summed E-state index contributed by atoms with van der Waals surface area (Å²) in [4.78, 5) is 5.37. The molecule has 3 heterocycles. The van der Waals surface area contributed by atoms with Crippen LogP contribution in [0.5, 0.6) is 11.5 Å². The van der Waals surface area contributed by atoms with Gasteiger partial charge in [-0.2, -0.15) is 5.10 Å². The molecule has 4 aromatic rings. The van der Waals surface area contributed by atoms with Gasteiger partial charge in [-0.1, -0.05) is 18.2 Å². The SMILES string of the molecule is CCN=c1scc(-c2cc3ccccc3o2)n1N=Cc1ccc2c(c1)OCO2. The number of para-hydroxylation sites is 1. The van der Waals surface area contributed by atoms with Crippen molar-refractivity contribution < 1.29 is 13.9 Å². The maximum Gasteiger partial charge on any atom is 0.231 e. The van der Waals surface area contributed by atoms with Gasteiger partial charge in [0.2, 0.25) is 11.6 Å². The number of hydrogen-bond acceptors (Lipinski definition) is 6. The maximum atomic E-state index is 6.03. The van der Waals surface area contributed by atoms with Gasteiger partial charge in [0.05, 0.1) is 6.21 Å². The zero-order chi connectivity index (χ0) is 18.9. The molecule has 28 heavy (non-hydrogen) atoms. The van der Waals surface area contributed by atoms with E-state index < -0.39 is 0 Å². The number of hydrogen-bond donors (Lipinski definition) is 0. The molecule has 0 amide bonds. The Labute approximate surface area is 165 Å². The average molecular weight is 391 g/mol. The van der Waals surface area contributed by atoms with E-state index in [4.69, 9.17) is 13.9 Å². The maximum absolute atomic E-state index is 6.03. The molecule has 0 N–H and O–H groups in total. The van der Waals surface area contributed by atoms with Crippen LogP contribution in [0.3, 0.4) is 0 Å². The van der Waals surface area contributed by atoms with Gasteiger partial charge in [-0.25, -0.2) is 4.68 Å². The Hall–Kier alpha value is -3.32. The summed E-state index contributed by atoms with van der Waals surface area (Å²) in [6, 6.07) is 15.7. The molecule has 7 heteroatoms. The second-order valence-corrected chi connectivity index (χ2v) is 7.03. The highest BCUT2D eigenvalue weighted by Crippen LogP contribution is 2.32. The predicted octanol–water partition coefficient (Wildman–Crippen LogP) is 4.49. The predicted molar refractivity (Wildman–Crippen MR) is 109 cm³/mol. The number of aromatic nitrogens is 1. The number of fused-ring (bicyclic) bond motifs is 2. The Morgan fingerprint density at radius 3 is 2.89 bits per heavy atom. The lowest BCUT2D eigenvalue weighted by Crippen LogP contribution is -2.12. The van der Waals surface area contributed by atoms with Gasteiger partial charge in [0.15, 0.2) is 17.3 Å². The summed E-state index contributed by atoms with van der Waals surface area (Å²) in [5, 5.41) is 7.76. The molecule has 0 unspecified atom stereocenters. The van der Waals surface area contributed by atoms with Gasteiger partial charge in [-0.15, -0.1) is 11.3 Å². The van der Waals surface area contributed by atoms with Crippen LogP contribution in [-0.2, 0) is 0 Å². The third-order valence-corrected chi connectivity index (χ3v) is 5.23. The van der Waals surface area contributed by atoms with Crippen molar-refractivity contribution in [3.8, 4) is 23.0 Å². The fourth-order valence-corrected chi connectivity index (χ4v) is 3.93. The Morgan fingerprint density at radius 1 is 1.11 bits per heavy atom. The van der Waals surface area contributed by atoms with Crippen LogP contribution in [0.15, 0.2) is 68.4 Å². The lowest BCUT2D eigenvalue weighted by atomic mass is 10.2. The minimum atomic E-state index is 0.255. The zero-order valence-corrected chi connectivity index (χ0v) is 16.0. The van der Waals surface area contributed by atoms with E-state index in [1.807, 2.05) is 65.5 Å². The van der Waals surface area contributed by atoms with Crippen molar-refractivity contribution in [1.29, 1.82) is 0 Å². The Kier molecular flexibility index (Phi) is 4.21. The van der Waals surface area contributed by atoms with Crippen LogP contribution in [0.1, 0.15) is 12.5 Å². The highest BCUT2D eigenvalue weighted by Gasteiger charge is 2.14. The monoisotopic (exact) mass is 391 g/mol. The van der Waals surface area contributed by atoms with Crippen LogP contribution in [0.4, 0.5) is 0 Å². The molecule has 6 nitrogen and oxygen atoms in total. The van der Waals surface area contributed by atoms with E-state index >= 15 is 0 Å². The molecule has 2 aromatic heterocycles. The quantitative estimate of drug-likeness (QED) is 0.482. The second kappa shape index (κ2) is 7.01. The van der Waals surface area contributed by atoms with Gasteiger partial charge in [0.1, 0.15) is 11.3 Å². The fourth-order valence-electron chi connectivity index (χ4n) is 3.05. The van der Waals surface area contributed by atoms with Crippen molar-refractivity contribution >= 4 is 28.5 Å². The Balaban J connectivity index is 1.58. The van der Waals surface area contributed by atoms with E-state index in [9.17, 15) is 0 Å². The highest BCUT2D eigenvalue weighted by molar-refractivity contribution is 7.07. The van der Waals surface area contributed by atoms with Gasteiger partial charge in [-0.05, 0) is 42.8 Å². The van der Waals surface area contributed by atoms with Crippen molar-refractivity contribution in [2.45, 2.75) is 6.92 Å². The first kappa shape index (κ1) is 16.8. The summed E-state index contributed by atoms with van der Waals surface area (Å²) >= 11 is 1.54. The molecule has 1 aliphatic heterocycles. The first-order valence-electron chi connectivity index (χ1n) is 8.96. The van der Waals surface area contributed by atoms with Gasteiger partial charge in [0, 0.05) is 17.3 Å². The van der Waals surface area contributed by atoms with E-state index in [1.54, 1.807) is 6.21 Å². The number of benzene rings is 2. The molecule has 2 aromatic carbocycles. The van der Waals surface area contributed by atoms with E-state index in [0.29, 0.717) is 6.54 Å². The number of nitrogens with zero attached hydrogens (tertiary/aromatic N) is 3. The van der Waals surface area contributed by atoms with Crippen molar-refractivity contribution in [3.63, 3.8) is 0 Å². The van der Waals surface area contributed by atoms with Gasteiger partial charge < -0.3 is 13.9 Å². The molecule has 0 aliphatic carbocycles. The van der Waals surface area contributed by atoms with Crippen LogP contribution in [0, 0.1) is 0 Å². The Morgan fingerprint density at radius 2 is 2.00 bits per heavy atom. The largest absolute Gasteiger partial charge is 0.454 e. The van der Waals surface area contributed by atoms with Crippen LogP contribution in [-0.4, -0.2) is 24.2 Å². The third-order valence-electron chi connectivity index (χ3n) is 4.38. The smallest absolute Gasteiger partial charge is 0.231 e. The van der Waals surface area contributed by atoms with Crippen LogP contribution < -0.4 is 14.3 Å². The fraction of sp³-hybridized carbons (Fsp3) is 0.143. The summed E-state index contributed by atoms with van der Waals surface area (Å²) in [5.41, 5.74) is 2.63. The molecule has 0 spiro atoms. The second-order valence-electron chi connectivity index (χ2n) is 6.20. The van der Waals surface area contributed by atoms with Gasteiger partial charge >= 0.3 is 0 Å². The number of rotatable bonds is 4. The standard InChI is InChI=1S/C21H17N3O3S/c1-2-22-21-24(23-11-14-7-8-18-20(9-14)26-13-25-18)16(12-28-21)19-10-15-5-3-4-6-17(15)27-19/h3-12H,2,13H2,1H3. The van der Waals surface area contributed by atoms with Crippen LogP contribution in [0.25, 0.3) is 22.4 Å². The molecular weight excluding hydrogens is 374 g/mol. The van der Waals surface area contributed by atoms with Crippen molar-refractivity contribution in [2.24, 2.45) is 10.1 Å². The number of furan rings is 1. The van der Waals surface area contributed by atoms with E-state index in [0.717, 1.165) is 44.3 Å². The Bertz CT molecular complexity index is 1220. The minimum Gasteiger partial charge on any atom is -0.454 e. The van der Waals surface area contributed by atoms with Crippen molar-refractivity contribution in [1.82, 2.24) is 4.68 Å². The number of ether oxygens (including phenoxy) is 2. The summed E-state index contributed by atoms with van der Waals surface area (Å²) in [5.74, 6) is 2.25. The molecular formula is C21H17N3O3S. The molecule has 0 bridgehead atoms. The van der Waals surface area contributed by atoms with Crippen LogP contribution >= 0.6 is 11.3 Å². The van der Waals surface area contributed by atoms with Crippen LogP contribution in [0.2, 0.25) is 0 Å². The lowest BCUT2D eigenvalue weighted by Gasteiger charge is -2.01. The summed E-state index contributed by atoms with van der Waals surface area (Å²) in [7, 11) is 0. The van der Waals surface area contributed by atoms with Gasteiger partial charge in [-0.3, -0.25) is 4.99 Å². The van der Waals surface area contributed by atoms with E-state index in [-0.39, 0.29) is 6.79 Å². The number of thiazole rings is 1. The minimum absolute atomic E-state index is 0.255. The first-order valence-corrected chi connectivity index (χ1v) is 9.84. The van der Waals surface area contributed by atoms with Crippen molar-refractivity contribution in [2.75, 3.05) is 13.3 Å². The summed E-state index contributed by atoms with van der Waals surface area (Å²) in [6.07, 6.45) is 1.79. The molecule has 0 atom stereocenters. The van der Waals surface area contributed by atoms with Crippen molar-refractivity contribution in [3.05, 3.63) is 64.3 Å². The molecule has 5 rings (SSSR count). The van der Waals surface area contributed by atoms with E-state index in [1.165, 1.54) is 11.3 Å². The lowest BCUT2D eigenvalue weighted by molar-refractivity contribution is 0.174. The first-order chi connectivity index (χ1) is 13.8. The van der Waals surface area contributed by atoms with Gasteiger partial charge in [0.25, 0.3) is 0 Å².